The molecule has 0 fully saturated rings. The van der Waals surface area contributed by atoms with Gasteiger partial charge in [-0.1, -0.05) is 84.4 Å². The molecule has 0 aliphatic heterocycles. The second kappa shape index (κ2) is 5.56. The molecule has 1 heteroatoms. The number of halogens is 1. The number of fused-ring (bicyclic) bond motifs is 4. The first kappa shape index (κ1) is 15.8. The summed E-state index contributed by atoms with van der Waals surface area (Å²) in [5.41, 5.74) is 8.12. The van der Waals surface area contributed by atoms with Gasteiger partial charge in [-0.3, -0.25) is 0 Å². The lowest BCUT2D eigenvalue weighted by Gasteiger charge is -2.22. The van der Waals surface area contributed by atoms with E-state index in [0.717, 1.165) is 4.47 Å². The highest BCUT2D eigenvalue weighted by Crippen LogP contribution is 2.50. The van der Waals surface area contributed by atoms with Crippen molar-refractivity contribution in [1.29, 1.82) is 0 Å². The lowest BCUT2D eigenvalue weighted by molar-refractivity contribution is 0.660. The van der Waals surface area contributed by atoms with Gasteiger partial charge in [0.1, 0.15) is 0 Å². The summed E-state index contributed by atoms with van der Waals surface area (Å²) in [4.78, 5) is 0. The molecule has 5 rings (SSSR count). The molecule has 0 unspecified atom stereocenters. The summed E-state index contributed by atoms with van der Waals surface area (Å²) >= 11 is 3.64. The monoisotopic (exact) mass is 398 g/mol. The largest absolute Gasteiger partial charge is 0.0616 e. The lowest BCUT2D eigenvalue weighted by atomic mass is 9.81. The Morgan fingerprint density at radius 1 is 0.615 bits per heavy atom. The van der Waals surface area contributed by atoms with Gasteiger partial charge < -0.3 is 0 Å². The molecule has 0 heterocycles. The van der Waals surface area contributed by atoms with Crippen molar-refractivity contribution in [1.82, 2.24) is 0 Å². The summed E-state index contributed by atoms with van der Waals surface area (Å²) in [6.45, 7) is 4.66. The van der Waals surface area contributed by atoms with Gasteiger partial charge in [0.15, 0.2) is 0 Å². The van der Waals surface area contributed by atoms with E-state index in [0.29, 0.717) is 0 Å². The van der Waals surface area contributed by atoms with E-state index in [-0.39, 0.29) is 5.41 Å². The van der Waals surface area contributed by atoms with Gasteiger partial charge in [0, 0.05) is 9.89 Å². The Bertz CT molecular complexity index is 1170. The molecule has 0 nitrogen and oxygen atoms in total. The third-order valence-corrected chi connectivity index (χ3v) is 6.21. The minimum absolute atomic E-state index is 0.0152. The van der Waals surface area contributed by atoms with E-state index < -0.39 is 0 Å². The van der Waals surface area contributed by atoms with Crippen molar-refractivity contribution in [2.24, 2.45) is 0 Å². The molecule has 0 spiro atoms. The minimum Gasteiger partial charge on any atom is -0.0616 e. The fraction of sp³-hybridized carbons (Fsp3) is 0.120. The van der Waals surface area contributed by atoms with E-state index in [4.69, 9.17) is 0 Å². The Morgan fingerprint density at radius 2 is 1.23 bits per heavy atom. The average molecular weight is 399 g/mol. The van der Waals surface area contributed by atoms with Crippen LogP contribution in [0, 0.1) is 0 Å². The SMILES string of the molecule is CC1(C)c2cc(Br)ccc2-c2ccc(-c3ccc4ccccc4c3)cc21. The zero-order valence-electron chi connectivity index (χ0n) is 14.9. The van der Waals surface area contributed by atoms with Gasteiger partial charge >= 0.3 is 0 Å². The first-order valence-electron chi connectivity index (χ1n) is 8.98. The maximum absolute atomic E-state index is 3.64. The summed E-state index contributed by atoms with van der Waals surface area (Å²) in [6.07, 6.45) is 0. The van der Waals surface area contributed by atoms with Crippen molar-refractivity contribution in [3.8, 4) is 22.3 Å². The molecule has 0 saturated heterocycles. The van der Waals surface area contributed by atoms with Crippen molar-refractivity contribution in [3.05, 3.63) is 94.5 Å². The molecule has 126 valence electrons. The van der Waals surface area contributed by atoms with Gasteiger partial charge in [-0.2, -0.15) is 0 Å². The number of rotatable bonds is 1. The predicted molar refractivity (Wildman–Crippen MR) is 115 cm³/mol. The van der Waals surface area contributed by atoms with E-state index in [1.165, 1.54) is 44.2 Å². The van der Waals surface area contributed by atoms with E-state index >= 15 is 0 Å². The average Bonchev–Trinajstić information content (AvgIpc) is 2.88. The minimum atomic E-state index is 0.0152. The van der Waals surface area contributed by atoms with Gasteiger partial charge in [-0.15, -0.1) is 0 Å². The Morgan fingerprint density at radius 3 is 2.04 bits per heavy atom. The first-order chi connectivity index (χ1) is 12.5. The zero-order chi connectivity index (χ0) is 17.9. The van der Waals surface area contributed by atoms with E-state index in [9.17, 15) is 0 Å². The van der Waals surface area contributed by atoms with Gasteiger partial charge in [-0.05, 0) is 68.4 Å². The second-order valence-corrected chi connectivity index (χ2v) is 8.55. The molecule has 4 aromatic rings. The molecule has 0 amide bonds. The molecule has 0 N–H and O–H groups in total. The van der Waals surface area contributed by atoms with Crippen LogP contribution in [0.4, 0.5) is 0 Å². The molecule has 1 aliphatic rings. The normalized spacial score (nSPS) is 14.3. The topological polar surface area (TPSA) is 0 Å². The van der Waals surface area contributed by atoms with Crippen LogP contribution >= 0.6 is 15.9 Å². The summed E-state index contributed by atoms with van der Waals surface area (Å²) in [5, 5.41) is 2.58. The fourth-order valence-electron chi connectivity index (χ4n) is 4.26. The Kier molecular flexibility index (Phi) is 3.39. The summed E-state index contributed by atoms with van der Waals surface area (Å²) in [6, 6.07) is 28.9. The van der Waals surface area contributed by atoms with Crippen molar-refractivity contribution >= 4 is 26.7 Å². The first-order valence-corrected chi connectivity index (χ1v) is 9.77. The standard InChI is InChI=1S/C25H19Br/c1-25(2)23-14-19(18-8-7-16-5-3-4-6-17(16)13-18)9-11-21(23)22-12-10-20(26)15-24(22)25/h3-15H,1-2H3. The number of hydrogen-bond acceptors (Lipinski definition) is 0. The van der Waals surface area contributed by atoms with Crippen LogP contribution in [-0.4, -0.2) is 0 Å². The van der Waals surface area contributed by atoms with Crippen LogP contribution in [0.5, 0.6) is 0 Å². The highest BCUT2D eigenvalue weighted by molar-refractivity contribution is 9.10. The number of hydrogen-bond donors (Lipinski definition) is 0. The maximum Gasteiger partial charge on any atom is 0.0178 e. The highest BCUT2D eigenvalue weighted by atomic mass is 79.9. The third kappa shape index (κ3) is 2.27. The van der Waals surface area contributed by atoms with Crippen LogP contribution in [-0.2, 0) is 5.41 Å². The molecule has 1 aliphatic carbocycles. The van der Waals surface area contributed by atoms with E-state index in [1.54, 1.807) is 0 Å². The highest BCUT2D eigenvalue weighted by Gasteiger charge is 2.35. The molecule has 4 aromatic carbocycles. The summed E-state index contributed by atoms with van der Waals surface area (Å²) < 4.78 is 1.15. The van der Waals surface area contributed by atoms with E-state index in [1.807, 2.05) is 0 Å². The lowest BCUT2D eigenvalue weighted by Crippen LogP contribution is -2.15. The molecule has 0 radical (unpaired) electrons. The van der Waals surface area contributed by atoms with Gasteiger partial charge in [0.05, 0.1) is 0 Å². The molecular weight excluding hydrogens is 380 g/mol. The van der Waals surface area contributed by atoms with Crippen molar-refractivity contribution in [2.75, 3.05) is 0 Å². The zero-order valence-corrected chi connectivity index (χ0v) is 16.5. The summed E-state index contributed by atoms with van der Waals surface area (Å²) in [7, 11) is 0. The number of benzene rings is 4. The maximum atomic E-state index is 3.64. The van der Waals surface area contributed by atoms with Crippen LogP contribution in [0.25, 0.3) is 33.0 Å². The fourth-order valence-corrected chi connectivity index (χ4v) is 4.62. The van der Waals surface area contributed by atoms with Gasteiger partial charge in [0.25, 0.3) is 0 Å². The molecular formula is C25H19Br. The summed E-state index contributed by atoms with van der Waals surface area (Å²) in [5.74, 6) is 0. The quantitative estimate of drug-likeness (QED) is 0.310. The Balaban J connectivity index is 1.69. The van der Waals surface area contributed by atoms with Crippen LogP contribution in [0.2, 0.25) is 0 Å². The Hall–Kier alpha value is -2.38. The second-order valence-electron chi connectivity index (χ2n) is 7.64. The van der Waals surface area contributed by atoms with E-state index in [2.05, 4.69) is 109 Å². The van der Waals surface area contributed by atoms with Crippen molar-refractivity contribution < 1.29 is 0 Å². The van der Waals surface area contributed by atoms with Gasteiger partial charge in [0.2, 0.25) is 0 Å². The van der Waals surface area contributed by atoms with Crippen molar-refractivity contribution in [2.45, 2.75) is 19.3 Å². The van der Waals surface area contributed by atoms with Crippen LogP contribution in [0.15, 0.2) is 83.3 Å². The van der Waals surface area contributed by atoms with Crippen LogP contribution < -0.4 is 0 Å². The third-order valence-electron chi connectivity index (χ3n) is 5.72. The molecule has 0 bridgehead atoms. The Labute approximate surface area is 162 Å². The van der Waals surface area contributed by atoms with Gasteiger partial charge in [-0.25, -0.2) is 0 Å². The predicted octanol–water partition coefficient (Wildman–Crippen LogP) is 7.58. The van der Waals surface area contributed by atoms with Crippen molar-refractivity contribution in [3.63, 3.8) is 0 Å². The molecule has 0 atom stereocenters. The molecule has 0 aromatic heterocycles. The van der Waals surface area contributed by atoms with Crippen LogP contribution in [0.3, 0.4) is 0 Å². The van der Waals surface area contributed by atoms with Crippen LogP contribution in [0.1, 0.15) is 25.0 Å². The molecule has 0 saturated carbocycles. The smallest absolute Gasteiger partial charge is 0.0178 e. The molecule has 26 heavy (non-hydrogen) atoms.